The number of rotatable bonds is 8. The highest BCUT2D eigenvalue weighted by Crippen LogP contribution is 2.43. The summed E-state index contributed by atoms with van der Waals surface area (Å²) in [7, 11) is 0. The van der Waals surface area contributed by atoms with Gasteiger partial charge in [0, 0.05) is 6.42 Å². The summed E-state index contributed by atoms with van der Waals surface area (Å²) >= 11 is 0. The minimum absolute atomic E-state index is 0.00396. The number of esters is 1. The third kappa shape index (κ3) is 6.62. The van der Waals surface area contributed by atoms with Crippen molar-refractivity contribution in [3.63, 3.8) is 0 Å². The van der Waals surface area contributed by atoms with E-state index in [1.54, 1.807) is 0 Å². The summed E-state index contributed by atoms with van der Waals surface area (Å²) in [6, 6.07) is 9.91. The van der Waals surface area contributed by atoms with E-state index in [0.29, 0.717) is 12.8 Å². The number of hydrogen-bond acceptors (Lipinski definition) is 4. The van der Waals surface area contributed by atoms with E-state index in [-0.39, 0.29) is 10.8 Å². The van der Waals surface area contributed by atoms with Gasteiger partial charge in [-0.05, 0) is 42.6 Å². The molecule has 0 N–H and O–H groups in total. The first-order valence-corrected chi connectivity index (χ1v) is 10.0. The quantitative estimate of drug-likeness (QED) is 0.236. The lowest BCUT2D eigenvalue weighted by Crippen LogP contribution is -2.38. The molecule has 0 aliphatic carbocycles. The van der Waals surface area contributed by atoms with Gasteiger partial charge >= 0.3 is 11.8 Å². The fourth-order valence-corrected chi connectivity index (χ4v) is 3.60. The number of carbonyl (C=O) groups excluding carboxylic acids is 1. The van der Waals surface area contributed by atoms with Gasteiger partial charge < -0.3 is 4.74 Å². The maximum absolute atomic E-state index is 12.9. The highest BCUT2D eigenvalue weighted by molar-refractivity contribution is 5.79. The Hall–Kier alpha value is -1.39. The molecule has 1 saturated heterocycles. The highest BCUT2D eigenvalue weighted by atomic mass is 17.4. The normalized spacial score (nSPS) is 18.6. The van der Waals surface area contributed by atoms with E-state index in [1.165, 1.54) is 0 Å². The number of carbonyl (C=O) groups is 1. The van der Waals surface area contributed by atoms with Crippen LogP contribution in [0, 0.1) is 10.8 Å². The van der Waals surface area contributed by atoms with E-state index < -0.39 is 17.4 Å². The van der Waals surface area contributed by atoms with Crippen molar-refractivity contribution in [3.8, 4) is 0 Å². The van der Waals surface area contributed by atoms with Gasteiger partial charge in [0.1, 0.15) is 5.60 Å². The van der Waals surface area contributed by atoms with Gasteiger partial charge in [-0.1, -0.05) is 78.3 Å². The molecular weight excluding hydrogens is 340 g/mol. The predicted molar refractivity (Wildman–Crippen MR) is 107 cm³/mol. The van der Waals surface area contributed by atoms with Crippen molar-refractivity contribution in [3.05, 3.63) is 35.9 Å². The molecule has 4 nitrogen and oxygen atoms in total. The maximum atomic E-state index is 12.9. The first-order valence-electron chi connectivity index (χ1n) is 10.0. The van der Waals surface area contributed by atoms with Gasteiger partial charge in [0.15, 0.2) is 0 Å². The van der Waals surface area contributed by atoms with Gasteiger partial charge in [-0.25, -0.2) is 4.79 Å². The summed E-state index contributed by atoms with van der Waals surface area (Å²) in [5.41, 5.74) is 0.537. The van der Waals surface area contributed by atoms with Crippen molar-refractivity contribution in [2.24, 2.45) is 10.8 Å². The number of hydrogen-bond donors (Lipinski definition) is 0. The van der Waals surface area contributed by atoms with E-state index in [2.05, 4.69) is 41.5 Å². The standard InChI is InChI=1S/C23H36O4/c1-20(2,3)15-11-12-16-23(26-27-23)19(24)25-22(7,17-21(4,5)6)18-13-9-8-10-14-18/h8-10,13-14H,11-12,15-17H2,1-7H3. The minimum atomic E-state index is -1.22. The van der Waals surface area contributed by atoms with Crippen molar-refractivity contribution in [1.82, 2.24) is 0 Å². The molecule has 0 bridgehead atoms. The first kappa shape index (κ1) is 21.9. The molecule has 1 aliphatic rings. The van der Waals surface area contributed by atoms with Crippen molar-refractivity contribution in [1.29, 1.82) is 0 Å². The predicted octanol–water partition coefficient (Wildman–Crippen LogP) is 6.15. The number of unbranched alkanes of at least 4 members (excludes halogenated alkanes) is 1. The first-order chi connectivity index (χ1) is 12.4. The van der Waals surface area contributed by atoms with Gasteiger partial charge in [0.2, 0.25) is 0 Å². The van der Waals surface area contributed by atoms with Crippen LogP contribution in [0.15, 0.2) is 30.3 Å². The number of benzene rings is 1. The monoisotopic (exact) mass is 376 g/mol. The summed E-state index contributed by atoms with van der Waals surface area (Å²) in [6.45, 7) is 15.1. The van der Waals surface area contributed by atoms with E-state index in [4.69, 9.17) is 14.5 Å². The van der Waals surface area contributed by atoms with Crippen LogP contribution in [0.2, 0.25) is 0 Å². The van der Waals surface area contributed by atoms with Crippen molar-refractivity contribution >= 4 is 5.97 Å². The van der Waals surface area contributed by atoms with Crippen LogP contribution in [-0.2, 0) is 24.9 Å². The lowest BCUT2D eigenvalue weighted by molar-refractivity contribution is -0.170. The molecule has 1 aromatic rings. The van der Waals surface area contributed by atoms with E-state index in [0.717, 1.165) is 24.8 Å². The Morgan fingerprint density at radius 2 is 1.52 bits per heavy atom. The van der Waals surface area contributed by atoms with Crippen LogP contribution >= 0.6 is 0 Å². The molecule has 2 rings (SSSR count). The smallest absolute Gasteiger partial charge is 0.373 e. The van der Waals surface area contributed by atoms with E-state index in [1.807, 2.05) is 37.3 Å². The highest BCUT2D eigenvalue weighted by Gasteiger charge is 2.59. The Balaban J connectivity index is 2.05. The molecule has 27 heavy (non-hydrogen) atoms. The van der Waals surface area contributed by atoms with Crippen molar-refractivity contribution < 1.29 is 19.3 Å². The van der Waals surface area contributed by atoms with Crippen LogP contribution in [0.5, 0.6) is 0 Å². The summed E-state index contributed by atoms with van der Waals surface area (Å²) in [5, 5.41) is 0. The summed E-state index contributed by atoms with van der Waals surface area (Å²) < 4.78 is 6.04. The molecular formula is C23H36O4. The molecule has 0 spiro atoms. The average molecular weight is 377 g/mol. The second-order valence-corrected chi connectivity index (χ2v) is 10.4. The summed E-state index contributed by atoms with van der Waals surface area (Å²) in [5.74, 6) is -1.64. The third-order valence-corrected chi connectivity index (χ3v) is 4.85. The molecule has 1 heterocycles. The lowest BCUT2D eigenvalue weighted by atomic mass is 9.79. The molecule has 152 valence electrons. The SMILES string of the molecule is CC(C)(C)CCCCC1(C(=O)OC(C)(CC(C)(C)C)c2ccccc2)OO1. The summed E-state index contributed by atoms with van der Waals surface area (Å²) in [4.78, 5) is 23.2. The Bertz CT molecular complexity index is 620. The molecule has 0 radical (unpaired) electrons. The Labute approximate surface area is 164 Å². The second kappa shape index (κ2) is 7.92. The minimum Gasteiger partial charge on any atom is -0.450 e. The molecule has 1 unspecified atom stereocenters. The Morgan fingerprint density at radius 3 is 2.00 bits per heavy atom. The number of ether oxygens (including phenoxy) is 1. The van der Waals surface area contributed by atoms with Gasteiger partial charge in [-0.3, -0.25) is 0 Å². The van der Waals surface area contributed by atoms with Crippen LogP contribution in [0.1, 0.15) is 86.1 Å². The Kier molecular flexibility index (Phi) is 6.43. The van der Waals surface area contributed by atoms with Crippen LogP contribution in [0.25, 0.3) is 0 Å². The molecule has 1 fully saturated rings. The van der Waals surface area contributed by atoms with Gasteiger partial charge in [0.05, 0.1) is 0 Å². The van der Waals surface area contributed by atoms with Crippen molar-refractivity contribution in [2.45, 2.75) is 92.0 Å². The largest absolute Gasteiger partial charge is 0.450 e. The fraction of sp³-hybridized carbons (Fsp3) is 0.696. The second-order valence-electron chi connectivity index (χ2n) is 10.4. The zero-order valence-electron chi connectivity index (χ0n) is 18.1. The van der Waals surface area contributed by atoms with Crippen LogP contribution in [0.3, 0.4) is 0 Å². The molecule has 1 aromatic carbocycles. The van der Waals surface area contributed by atoms with Crippen molar-refractivity contribution in [2.75, 3.05) is 0 Å². The average Bonchev–Trinajstić information content (AvgIpc) is 3.31. The molecule has 0 aromatic heterocycles. The molecule has 1 atom stereocenters. The fourth-order valence-electron chi connectivity index (χ4n) is 3.60. The van der Waals surface area contributed by atoms with Crippen LogP contribution in [-0.4, -0.2) is 11.8 Å². The molecule has 0 saturated carbocycles. The van der Waals surface area contributed by atoms with E-state index in [9.17, 15) is 4.79 Å². The van der Waals surface area contributed by atoms with Gasteiger partial charge in [0.25, 0.3) is 0 Å². The zero-order chi connectivity index (χ0) is 20.3. The van der Waals surface area contributed by atoms with E-state index >= 15 is 0 Å². The van der Waals surface area contributed by atoms with Crippen LogP contribution < -0.4 is 0 Å². The lowest BCUT2D eigenvalue weighted by Gasteiger charge is -2.36. The maximum Gasteiger partial charge on any atom is 0.373 e. The topological polar surface area (TPSA) is 51.4 Å². The third-order valence-electron chi connectivity index (χ3n) is 4.85. The molecule has 4 heteroatoms. The zero-order valence-corrected chi connectivity index (χ0v) is 18.1. The molecule has 1 aliphatic heterocycles. The van der Waals surface area contributed by atoms with Gasteiger partial charge in [-0.15, -0.1) is 0 Å². The summed E-state index contributed by atoms with van der Waals surface area (Å²) in [6.07, 6.45) is 4.24. The van der Waals surface area contributed by atoms with Gasteiger partial charge in [-0.2, -0.15) is 9.78 Å². The van der Waals surface area contributed by atoms with Crippen LogP contribution in [0.4, 0.5) is 0 Å². The molecule has 0 amide bonds. The Morgan fingerprint density at radius 1 is 0.926 bits per heavy atom.